The first-order valence-corrected chi connectivity index (χ1v) is 8.41. The summed E-state index contributed by atoms with van der Waals surface area (Å²) in [5.41, 5.74) is 2.59. The van der Waals surface area contributed by atoms with Crippen molar-refractivity contribution >= 4 is 28.5 Å². The number of ether oxygens (including phenoxy) is 3. The standard InChI is InChI=1S/C18H20INO4/c1-11-5-7-13(14(19)9-11)18(21)20-10-12-6-8-15(22-2)17(24-4)16(12)23-3/h5-9H,10H2,1-4H3,(H,20,21). The van der Waals surface area contributed by atoms with Crippen molar-refractivity contribution in [1.82, 2.24) is 5.32 Å². The molecule has 0 aliphatic carbocycles. The summed E-state index contributed by atoms with van der Waals surface area (Å²) in [5, 5.41) is 2.92. The van der Waals surface area contributed by atoms with Crippen LogP contribution >= 0.6 is 22.6 Å². The quantitative estimate of drug-likeness (QED) is 0.697. The SMILES string of the molecule is COc1ccc(CNC(=O)c2ccc(C)cc2I)c(OC)c1OC. The molecule has 1 amide bonds. The van der Waals surface area contributed by atoms with Gasteiger partial charge in [-0.2, -0.15) is 0 Å². The van der Waals surface area contributed by atoms with Crippen LogP contribution in [0.2, 0.25) is 0 Å². The van der Waals surface area contributed by atoms with Crippen LogP contribution in [0.5, 0.6) is 17.2 Å². The zero-order valence-electron chi connectivity index (χ0n) is 14.1. The second-order valence-electron chi connectivity index (χ2n) is 5.16. The lowest BCUT2D eigenvalue weighted by Gasteiger charge is -2.16. The minimum Gasteiger partial charge on any atom is -0.493 e. The van der Waals surface area contributed by atoms with Gasteiger partial charge in [0.2, 0.25) is 5.75 Å². The second kappa shape index (κ2) is 8.23. The van der Waals surface area contributed by atoms with Gasteiger partial charge in [-0.1, -0.05) is 11.6 Å². The van der Waals surface area contributed by atoms with E-state index in [1.807, 2.05) is 31.2 Å². The van der Waals surface area contributed by atoms with Gasteiger partial charge in [0.1, 0.15) is 0 Å². The van der Waals surface area contributed by atoms with E-state index in [0.717, 1.165) is 14.7 Å². The molecule has 5 nitrogen and oxygen atoms in total. The van der Waals surface area contributed by atoms with Crippen molar-refractivity contribution in [2.24, 2.45) is 0 Å². The van der Waals surface area contributed by atoms with Gasteiger partial charge in [0, 0.05) is 15.7 Å². The van der Waals surface area contributed by atoms with Gasteiger partial charge >= 0.3 is 0 Å². The highest BCUT2D eigenvalue weighted by Gasteiger charge is 2.17. The number of rotatable bonds is 6. The normalized spacial score (nSPS) is 10.2. The molecule has 0 atom stereocenters. The largest absolute Gasteiger partial charge is 0.493 e. The van der Waals surface area contributed by atoms with Gasteiger partial charge in [-0.25, -0.2) is 0 Å². The monoisotopic (exact) mass is 441 g/mol. The van der Waals surface area contributed by atoms with E-state index in [9.17, 15) is 4.79 Å². The molecule has 0 radical (unpaired) electrons. The summed E-state index contributed by atoms with van der Waals surface area (Å²) in [6.45, 7) is 2.32. The molecule has 6 heteroatoms. The minimum atomic E-state index is -0.128. The van der Waals surface area contributed by atoms with Crippen molar-refractivity contribution in [2.75, 3.05) is 21.3 Å². The summed E-state index contributed by atoms with van der Waals surface area (Å²) < 4.78 is 17.0. The number of hydrogen-bond acceptors (Lipinski definition) is 4. The van der Waals surface area contributed by atoms with Crippen LogP contribution in [0.4, 0.5) is 0 Å². The van der Waals surface area contributed by atoms with Gasteiger partial charge in [0.05, 0.1) is 26.9 Å². The van der Waals surface area contributed by atoms with Gasteiger partial charge in [-0.3, -0.25) is 4.79 Å². The van der Waals surface area contributed by atoms with E-state index in [1.165, 1.54) is 0 Å². The molecule has 2 aromatic rings. The van der Waals surface area contributed by atoms with Crippen molar-refractivity contribution in [3.8, 4) is 17.2 Å². The number of benzene rings is 2. The first-order valence-electron chi connectivity index (χ1n) is 7.34. The number of hydrogen-bond donors (Lipinski definition) is 1. The highest BCUT2D eigenvalue weighted by Crippen LogP contribution is 2.39. The third-order valence-corrected chi connectivity index (χ3v) is 4.49. The molecule has 1 N–H and O–H groups in total. The Bertz CT molecular complexity index is 746. The summed E-state index contributed by atoms with van der Waals surface area (Å²) in [7, 11) is 4.68. The molecule has 24 heavy (non-hydrogen) atoms. The van der Waals surface area contributed by atoms with E-state index in [0.29, 0.717) is 29.4 Å². The molecule has 2 aromatic carbocycles. The van der Waals surface area contributed by atoms with E-state index < -0.39 is 0 Å². The van der Waals surface area contributed by atoms with Crippen LogP contribution in [-0.2, 0) is 6.54 Å². The van der Waals surface area contributed by atoms with Crippen molar-refractivity contribution in [3.63, 3.8) is 0 Å². The molecule has 0 spiro atoms. The fourth-order valence-corrected chi connectivity index (χ4v) is 3.29. The lowest BCUT2D eigenvalue weighted by atomic mass is 10.1. The van der Waals surface area contributed by atoms with E-state index in [2.05, 4.69) is 27.9 Å². The molecular weight excluding hydrogens is 421 g/mol. The maximum absolute atomic E-state index is 12.4. The van der Waals surface area contributed by atoms with Crippen LogP contribution in [-0.4, -0.2) is 27.2 Å². The predicted molar refractivity (Wildman–Crippen MR) is 101 cm³/mol. The molecule has 0 heterocycles. The van der Waals surface area contributed by atoms with Crippen LogP contribution < -0.4 is 19.5 Å². The molecule has 0 saturated heterocycles. The third kappa shape index (κ3) is 3.92. The average Bonchev–Trinajstić information content (AvgIpc) is 2.58. The Morgan fingerprint density at radius 3 is 2.33 bits per heavy atom. The van der Waals surface area contributed by atoms with Crippen LogP contribution in [0.15, 0.2) is 30.3 Å². The van der Waals surface area contributed by atoms with Crippen molar-refractivity contribution in [3.05, 3.63) is 50.6 Å². The molecule has 128 valence electrons. The van der Waals surface area contributed by atoms with Crippen molar-refractivity contribution in [1.29, 1.82) is 0 Å². The number of amides is 1. The summed E-state index contributed by atoms with van der Waals surface area (Å²) >= 11 is 2.17. The van der Waals surface area contributed by atoms with E-state index in [1.54, 1.807) is 27.4 Å². The third-order valence-electron chi connectivity index (χ3n) is 3.59. The minimum absolute atomic E-state index is 0.128. The summed E-state index contributed by atoms with van der Waals surface area (Å²) in [6.07, 6.45) is 0. The zero-order valence-corrected chi connectivity index (χ0v) is 16.3. The van der Waals surface area contributed by atoms with Crippen LogP contribution in [0.3, 0.4) is 0 Å². The van der Waals surface area contributed by atoms with Gasteiger partial charge in [-0.15, -0.1) is 0 Å². The van der Waals surface area contributed by atoms with Gasteiger partial charge < -0.3 is 19.5 Å². The predicted octanol–water partition coefficient (Wildman–Crippen LogP) is 3.56. The molecular formula is C18H20INO4. The Morgan fingerprint density at radius 2 is 1.75 bits per heavy atom. The number of carbonyl (C=O) groups is 1. The molecule has 0 aliphatic rings. The fourth-order valence-electron chi connectivity index (χ4n) is 2.38. The van der Waals surface area contributed by atoms with Crippen LogP contribution in [0.25, 0.3) is 0 Å². The Morgan fingerprint density at radius 1 is 1.04 bits per heavy atom. The summed E-state index contributed by atoms with van der Waals surface area (Å²) in [6, 6.07) is 9.37. The highest BCUT2D eigenvalue weighted by molar-refractivity contribution is 14.1. The lowest BCUT2D eigenvalue weighted by Crippen LogP contribution is -2.24. The molecule has 2 rings (SSSR count). The smallest absolute Gasteiger partial charge is 0.252 e. The van der Waals surface area contributed by atoms with Crippen molar-refractivity contribution < 1.29 is 19.0 Å². The highest BCUT2D eigenvalue weighted by atomic mass is 127. The van der Waals surface area contributed by atoms with Crippen LogP contribution in [0, 0.1) is 10.5 Å². The Labute approximate surface area is 155 Å². The lowest BCUT2D eigenvalue weighted by molar-refractivity contribution is 0.0949. The average molecular weight is 441 g/mol. The summed E-state index contributed by atoms with van der Waals surface area (Å²) in [4.78, 5) is 12.4. The van der Waals surface area contributed by atoms with E-state index >= 15 is 0 Å². The summed E-state index contributed by atoms with van der Waals surface area (Å²) in [5.74, 6) is 1.51. The number of halogens is 1. The fraction of sp³-hybridized carbons (Fsp3) is 0.278. The van der Waals surface area contributed by atoms with E-state index in [4.69, 9.17) is 14.2 Å². The maximum Gasteiger partial charge on any atom is 0.252 e. The first kappa shape index (κ1) is 18.4. The number of carbonyl (C=O) groups excluding carboxylic acids is 1. The second-order valence-corrected chi connectivity index (χ2v) is 6.32. The topological polar surface area (TPSA) is 56.8 Å². The number of nitrogens with one attached hydrogen (secondary N) is 1. The maximum atomic E-state index is 12.4. The van der Waals surface area contributed by atoms with Gasteiger partial charge in [-0.05, 0) is 53.8 Å². The molecule has 0 fully saturated rings. The number of methoxy groups -OCH3 is 3. The molecule has 0 saturated carbocycles. The molecule has 0 aromatic heterocycles. The van der Waals surface area contributed by atoms with Gasteiger partial charge in [0.25, 0.3) is 5.91 Å². The van der Waals surface area contributed by atoms with Crippen LogP contribution in [0.1, 0.15) is 21.5 Å². The molecule has 0 unspecified atom stereocenters. The zero-order chi connectivity index (χ0) is 17.7. The Balaban J connectivity index is 2.21. The number of aryl methyl sites for hydroxylation is 1. The Hall–Kier alpha value is -1.96. The van der Waals surface area contributed by atoms with E-state index in [-0.39, 0.29) is 5.91 Å². The van der Waals surface area contributed by atoms with Gasteiger partial charge in [0.15, 0.2) is 11.5 Å². The molecule has 0 bridgehead atoms. The first-order chi connectivity index (χ1) is 11.5. The molecule has 0 aliphatic heterocycles. The van der Waals surface area contributed by atoms with Crippen molar-refractivity contribution in [2.45, 2.75) is 13.5 Å². The Kier molecular flexibility index (Phi) is 6.30.